The molecule has 9 aromatic rings. The van der Waals surface area contributed by atoms with Gasteiger partial charge < -0.3 is 0 Å². The van der Waals surface area contributed by atoms with Crippen molar-refractivity contribution in [2.45, 2.75) is 0 Å². The summed E-state index contributed by atoms with van der Waals surface area (Å²) < 4.78 is 17.0. The number of hydrogen-bond acceptors (Lipinski definition) is 11. The summed E-state index contributed by atoms with van der Waals surface area (Å²) in [5, 5.41) is 25.7. The van der Waals surface area contributed by atoms with E-state index in [1.807, 2.05) is 23.6 Å². The van der Waals surface area contributed by atoms with Crippen LogP contribution in [-0.4, -0.2) is 30.2 Å². The standard InChI is InChI=1S/C32H16N6O2S3/c1-3-10-25-17(6-1)12-27(42-25)21-14-20(24-16-41-38-34-24)29(23-15-33-39-36-23)31(19-8-5-9-22-32(19)37-40-35-22)30(21)28-13-18-7-2-4-11-26(18)43-28/h1-16H. The molecule has 0 saturated carbocycles. The van der Waals surface area contributed by atoms with E-state index in [2.05, 4.69) is 96.9 Å². The van der Waals surface area contributed by atoms with Crippen LogP contribution in [0.25, 0.3) is 85.7 Å². The first kappa shape index (κ1) is 24.5. The van der Waals surface area contributed by atoms with Crippen LogP contribution in [-0.2, 0) is 0 Å². The van der Waals surface area contributed by atoms with Gasteiger partial charge in [0.2, 0.25) is 0 Å². The summed E-state index contributed by atoms with van der Waals surface area (Å²) in [4.78, 5) is 2.24. The first-order chi connectivity index (χ1) is 21.3. The zero-order chi connectivity index (χ0) is 28.3. The van der Waals surface area contributed by atoms with Crippen molar-refractivity contribution in [3.8, 4) is 54.5 Å². The molecule has 43 heavy (non-hydrogen) atoms. The quantitative estimate of drug-likeness (QED) is 0.189. The van der Waals surface area contributed by atoms with Gasteiger partial charge in [0.25, 0.3) is 0 Å². The number of aromatic nitrogens is 6. The number of thiophene rings is 2. The van der Waals surface area contributed by atoms with Crippen LogP contribution >= 0.6 is 34.2 Å². The molecular weight excluding hydrogens is 597 g/mol. The third-order valence-electron chi connectivity index (χ3n) is 7.50. The molecule has 11 heteroatoms. The maximum atomic E-state index is 5.25. The number of hydrogen-bond donors (Lipinski definition) is 0. The van der Waals surface area contributed by atoms with E-state index in [-0.39, 0.29) is 0 Å². The van der Waals surface area contributed by atoms with E-state index < -0.39 is 0 Å². The fourth-order valence-corrected chi connectivity index (χ4v) is 8.32. The Hall–Kier alpha value is -5.10. The zero-order valence-corrected chi connectivity index (χ0v) is 24.4. The molecule has 0 aliphatic carbocycles. The van der Waals surface area contributed by atoms with Gasteiger partial charge in [-0.25, -0.2) is 9.26 Å². The summed E-state index contributed by atoms with van der Waals surface area (Å²) in [5.41, 5.74) is 8.21. The molecule has 0 N–H and O–H groups in total. The maximum Gasteiger partial charge on any atom is 0.143 e. The Bertz CT molecular complexity index is 2360. The van der Waals surface area contributed by atoms with E-state index >= 15 is 0 Å². The molecule has 4 aromatic carbocycles. The fourth-order valence-electron chi connectivity index (χ4n) is 5.66. The van der Waals surface area contributed by atoms with Gasteiger partial charge in [-0.3, -0.25) is 0 Å². The van der Waals surface area contributed by atoms with Gasteiger partial charge in [0.05, 0.1) is 6.20 Å². The highest BCUT2D eigenvalue weighted by Crippen LogP contribution is 2.53. The Morgan fingerprint density at radius 3 is 2.12 bits per heavy atom. The van der Waals surface area contributed by atoms with Gasteiger partial charge in [0.1, 0.15) is 22.4 Å². The van der Waals surface area contributed by atoms with Crippen molar-refractivity contribution in [3.05, 3.63) is 96.5 Å². The van der Waals surface area contributed by atoms with Crippen molar-refractivity contribution in [2.75, 3.05) is 0 Å². The number of rotatable bonds is 5. The molecule has 0 atom stereocenters. The summed E-state index contributed by atoms with van der Waals surface area (Å²) in [5.74, 6) is 0. The van der Waals surface area contributed by atoms with Crippen molar-refractivity contribution in [1.29, 1.82) is 0 Å². The van der Waals surface area contributed by atoms with Crippen LogP contribution in [0.2, 0.25) is 0 Å². The van der Waals surface area contributed by atoms with E-state index in [4.69, 9.17) is 9.26 Å². The van der Waals surface area contributed by atoms with Crippen molar-refractivity contribution in [1.82, 2.24) is 30.2 Å². The van der Waals surface area contributed by atoms with Crippen LogP contribution in [0.15, 0.2) is 106 Å². The second-order valence-corrected chi connectivity index (χ2v) is 12.7. The molecule has 0 aliphatic rings. The van der Waals surface area contributed by atoms with Crippen LogP contribution in [0.1, 0.15) is 0 Å². The van der Waals surface area contributed by atoms with Crippen LogP contribution in [0, 0.1) is 0 Å². The van der Waals surface area contributed by atoms with E-state index in [0.29, 0.717) is 16.7 Å². The molecule has 0 spiro atoms. The van der Waals surface area contributed by atoms with Gasteiger partial charge in [-0.2, -0.15) is 0 Å². The lowest BCUT2D eigenvalue weighted by atomic mass is 9.83. The molecule has 5 aromatic heterocycles. The molecule has 0 radical (unpaired) electrons. The Balaban J connectivity index is 1.51. The predicted octanol–water partition coefficient (Wildman–Crippen LogP) is 9.22. The number of benzene rings is 4. The fraction of sp³-hybridized carbons (Fsp3) is 0. The molecular formula is C32H16N6O2S3. The first-order valence-corrected chi connectivity index (χ1v) is 15.7. The van der Waals surface area contributed by atoms with Crippen LogP contribution < -0.4 is 0 Å². The molecule has 0 unspecified atom stereocenters. The van der Waals surface area contributed by atoms with Gasteiger partial charge in [-0.05, 0) is 74.2 Å². The molecule has 8 nitrogen and oxygen atoms in total. The van der Waals surface area contributed by atoms with Crippen molar-refractivity contribution >= 4 is 65.4 Å². The normalized spacial score (nSPS) is 11.7. The topological polar surface area (TPSA) is 104 Å². The summed E-state index contributed by atoms with van der Waals surface area (Å²) in [6.07, 6.45) is 1.64. The summed E-state index contributed by atoms with van der Waals surface area (Å²) in [6.45, 7) is 0. The highest BCUT2D eigenvalue weighted by Gasteiger charge is 2.29. The number of nitrogens with zero attached hydrogens (tertiary/aromatic N) is 6. The smallest absolute Gasteiger partial charge is 0.143 e. The van der Waals surface area contributed by atoms with Gasteiger partial charge in [0.15, 0.2) is 0 Å². The van der Waals surface area contributed by atoms with Gasteiger partial charge in [-0.15, -0.1) is 27.8 Å². The molecule has 0 amide bonds. The summed E-state index contributed by atoms with van der Waals surface area (Å²) in [7, 11) is 0. The molecule has 0 saturated heterocycles. The van der Waals surface area contributed by atoms with E-state index in [9.17, 15) is 0 Å². The lowest BCUT2D eigenvalue weighted by molar-refractivity contribution is 0.308. The second kappa shape index (κ2) is 9.73. The van der Waals surface area contributed by atoms with E-state index in [1.165, 1.54) is 31.7 Å². The van der Waals surface area contributed by atoms with Crippen LogP contribution in [0.3, 0.4) is 0 Å². The van der Waals surface area contributed by atoms with Crippen LogP contribution in [0.5, 0.6) is 0 Å². The van der Waals surface area contributed by atoms with Gasteiger partial charge in [0, 0.05) is 57.9 Å². The molecule has 0 bridgehead atoms. The Morgan fingerprint density at radius 1 is 0.581 bits per heavy atom. The van der Waals surface area contributed by atoms with E-state index in [1.54, 1.807) is 28.9 Å². The molecule has 0 aliphatic heterocycles. The summed E-state index contributed by atoms with van der Waals surface area (Å²) >= 11 is 4.82. The first-order valence-electron chi connectivity index (χ1n) is 13.3. The SMILES string of the molecule is c1ccc2sc(-c3cc(-c4csnn4)c(-c4cnon4)c(-c4cccc5nonc45)c3-c3cc4ccccc4s3)cc2c1. The minimum absolute atomic E-state index is 0.580. The highest BCUT2D eigenvalue weighted by molar-refractivity contribution is 7.23. The van der Waals surface area contributed by atoms with E-state index in [0.717, 1.165) is 48.8 Å². The Kier molecular flexibility index (Phi) is 5.54. The largest absolute Gasteiger partial charge is 0.244 e. The Morgan fingerprint density at radius 2 is 1.37 bits per heavy atom. The average Bonchev–Trinajstić information content (AvgIpc) is 3.89. The third-order valence-corrected chi connectivity index (χ3v) is 10.3. The van der Waals surface area contributed by atoms with Crippen molar-refractivity contribution in [3.63, 3.8) is 0 Å². The van der Waals surface area contributed by atoms with Crippen LogP contribution in [0.4, 0.5) is 0 Å². The van der Waals surface area contributed by atoms with Crippen molar-refractivity contribution in [2.24, 2.45) is 0 Å². The monoisotopic (exact) mass is 612 g/mol. The Labute approximate surface area is 255 Å². The second-order valence-electron chi connectivity index (χ2n) is 9.91. The minimum Gasteiger partial charge on any atom is -0.244 e. The third kappa shape index (κ3) is 3.93. The molecule has 204 valence electrons. The number of fused-ring (bicyclic) bond motifs is 3. The molecule has 5 heterocycles. The maximum absolute atomic E-state index is 5.25. The predicted molar refractivity (Wildman–Crippen MR) is 171 cm³/mol. The van der Waals surface area contributed by atoms with Crippen molar-refractivity contribution < 1.29 is 9.26 Å². The molecule has 9 rings (SSSR count). The van der Waals surface area contributed by atoms with Gasteiger partial charge in [-0.1, -0.05) is 58.2 Å². The van der Waals surface area contributed by atoms with Gasteiger partial charge >= 0.3 is 0 Å². The lowest BCUT2D eigenvalue weighted by Gasteiger charge is -2.20. The molecule has 0 fully saturated rings. The lowest BCUT2D eigenvalue weighted by Crippen LogP contribution is -1.98. The highest BCUT2D eigenvalue weighted by atomic mass is 32.1. The summed E-state index contributed by atoms with van der Waals surface area (Å²) in [6, 6.07) is 29.5. The average molecular weight is 613 g/mol. The minimum atomic E-state index is 0.580. The zero-order valence-electron chi connectivity index (χ0n) is 22.0.